The normalized spacial score (nSPS) is 14.1. The van der Waals surface area contributed by atoms with Crippen LogP contribution >= 0.6 is 0 Å². The Hall–Kier alpha value is -2.55. The molecule has 1 aromatic carbocycles. The molecule has 2 N–H and O–H groups in total. The molecule has 3 nitrogen and oxygen atoms in total. The standard InChI is InChI=1S/C10H8O2.C6H7N/c11-10(12)9-5-4-7-2-1-3-8(7)6-9;1-2-4-6-7-5-3-1/h1,3-6H,2H2,(H,11,12);1-7H. The van der Waals surface area contributed by atoms with E-state index < -0.39 is 5.97 Å². The molecule has 0 bridgehead atoms. The predicted molar refractivity (Wildman–Crippen MR) is 76.7 cm³/mol. The molecule has 2 aliphatic rings. The Balaban J connectivity index is 0.000000163. The summed E-state index contributed by atoms with van der Waals surface area (Å²) in [6.07, 6.45) is 16.5. The van der Waals surface area contributed by atoms with Crippen molar-refractivity contribution in [1.82, 2.24) is 5.32 Å². The first-order valence-corrected chi connectivity index (χ1v) is 6.04. The van der Waals surface area contributed by atoms with E-state index in [9.17, 15) is 4.79 Å². The molecule has 0 atom stereocenters. The van der Waals surface area contributed by atoms with Gasteiger partial charge in [0.25, 0.3) is 0 Å². The van der Waals surface area contributed by atoms with E-state index >= 15 is 0 Å². The molecule has 1 heterocycles. The van der Waals surface area contributed by atoms with Crippen molar-refractivity contribution in [3.05, 3.63) is 77.7 Å². The van der Waals surface area contributed by atoms with Crippen molar-refractivity contribution in [2.45, 2.75) is 6.42 Å². The second kappa shape index (κ2) is 6.40. The van der Waals surface area contributed by atoms with E-state index in [1.165, 1.54) is 5.56 Å². The number of rotatable bonds is 1. The smallest absolute Gasteiger partial charge is 0.335 e. The number of allylic oxidation sites excluding steroid dienone is 5. The van der Waals surface area contributed by atoms with Gasteiger partial charge in [0, 0.05) is 12.4 Å². The second-order valence-electron chi connectivity index (χ2n) is 4.10. The summed E-state index contributed by atoms with van der Waals surface area (Å²) in [6.45, 7) is 0. The SMILES string of the molecule is C1=CC=CNC=C1.O=C(O)c1ccc2c(c1)C=CC2. The van der Waals surface area contributed by atoms with Gasteiger partial charge in [-0.1, -0.05) is 30.4 Å². The van der Waals surface area contributed by atoms with Gasteiger partial charge in [0.05, 0.1) is 5.56 Å². The average Bonchev–Trinajstić information content (AvgIpc) is 2.68. The Morgan fingerprint density at radius 3 is 2.53 bits per heavy atom. The van der Waals surface area contributed by atoms with E-state index in [0.29, 0.717) is 5.56 Å². The van der Waals surface area contributed by atoms with E-state index in [1.807, 2.05) is 54.9 Å². The van der Waals surface area contributed by atoms with Crippen LogP contribution in [0.25, 0.3) is 6.08 Å². The topological polar surface area (TPSA) is 49.3 Å². The third kappa shape index (κ3) is 3.71. The lowest BCUT2D eigenvalue weighted by molar-refractivity contribution is 0.0697. The highest BCUT2D eigenvalue weighted by Crippen LogP contribution is 2.20. The quantitative estimate of drug-likeness (QED) is 0.808. The third-order valence-electron chi connectivity index (χ3n) is 2.75. The van der Waals surface area contributed by atoms with Crippen LogP contribution in [-0.4, -0.2) is 11.1 Å². The maximum absolute atomic E-state index is 10.6. The number of carbonyl (C=O) groups is 1. The van der Waals surface area contributed by atoms with Gasteiger partial charge in [-0.05, 0) is 41.8 Å². The highest BCUT2D eigenvalue weighted by Gasteiger charge is 2.08. The zero-order valence-electron chi connectivity index (χ0n) is 10.4. The van der Waals surface area contributed by atoms with Crippen molar-refractivity contribution in [3.63, 3.8) is 0 Å². The number of carboxylic acid groups (broad SMARTS) is 1. The fourth-order valence-corrected chi connectivity index (χ4v) is 1.79. The van der Waals surface area contributed by atoms with Crippen LogP contribution in [0.15, 0.2) is 61.0 Å². The molecule has 96 valence electrons. The molecule has 0 amide bonds. The summed E-state index contributed by atoms with van der Waals surface area (Å²) in [5.74, 6) is -0.863. The van der Waals surface area contributed by atoms with Gasteiger partial charge in [-0.25, -0.2) is 4.79 Å². The molecule has 0 radical (unpaired) electrons. The molecule has 0 fully saturated rings. The lowest BCUT2D eigenvalue weighted by Crippen LogP contribution is -1.96. The number of nitrogens with one attached hydrogen (secondary N) is 1. The number of carboxylic acids is 1. The van der Waals surface area contributed by atoms with Crippen molar-refractivity contribution >= 4 is 12.0 Å². The minimum atomic E-state index is -0.863. The average molecular weight is 253 g/mol. The Morgan fingerprint density at radius 2 is 1.84 bits per heavy atom. The van der Waals surface area contributed by atoms with Crippen molar-refractivity contribution in [3.8, 4) is 0 Å². The highest BCUT2D eigenvalue weighted by atomic mass is 16.4. The fourth-order valence-electron chi connectivity index (χ4n) is 1.79. The predicted octanol–water partition coefficient (Wildman–Crippen LogP) is 3.13. The molecule has 0 spiro atoms. The lowest BCUT2D eigenvalue weighted by atomic mass is 10.1. The van der Waals surface area contributed by atoms with Gasteiger partial charge in [-0.2, -0.15) is 0 Å². The summed E-state index contributed by atoms with van der Waals surface area (Å²) < 4.78 is 0. The first-order chi connectivity index (χ1) is 9.27. The van der Waals surface area contributed by atoms with Crippen LogP contribution in [0.3, 0.4) is 0 Å². The maximum atomic E-state index is 10.6. The molecule has 3 heteroatoms. The van der Waals surface area contributed by atoms with Crippen molar-refractivity contribution in [2.24, 2.45) is 0 Å². The van der Waals surface area contributed by atoms with Crippen LogP contribution in [0.5, 0.6) is 0 Å². The van der Waals surface area contributed by atoms with Crippen molar-refractivity contribution in [1.29, 1.82) is 0 Å². The van der Waals surface area contributed by atoms with Crippen molar-refractivity contribution in [2.75, 3.05) is 0 Å². The molecule has 1 aromatic rings. The molecular formula is C16H15NO2. The third-order valence-corrected chi connectivity index (χ3v) is 2.75. The molecule has 0 saturated carbocycles. The summed E-state index contributed by atoms with van der Waals surface area (Å²) in [5, 5.41) is 11.6. The summed E-state index contributed by atoms with van der Waals surface area (Å²) in [6, 6.07) is 5.23. The molecule has 1 aliphatic heterocycles. The monoisotopic (exact) mass is 253 g/mol. The van der Waals surface area contributed by atoms with Crippen LogP contribution in [0, 0.1) is 0 Å². The molecule has 0 saturated heterocycles. The van der Waals surface area contributed by atoms with E-state index in [0.717, 1.165) is 12.0 Å². The Morgan fingerprint density at radius 1 is 1.11 bits per heavy atom. The van der Waals surface area contributed by atoms with E-state index in [4.69, 9.17) is 5.11 Å². The van der Waals surface area contributed by atoms with Crippen LogP contribution in [0.2, 0.25) is 0 Å². The van der Waals surface area contributed by atoms with Gasteiger partial charge < -0.3 is 10.4 Å². The zero-order chi connectivity index (χ0) is 13.5. The lowest BCUT2D eigenvalue weighted by Gasteiger charge is -1.99. The Labute approximate surface area is 112 Å². The van der Waals surface area contributed by atoms with Gasteiger partial charge in [-0.15, -0.1) is 0 Å². The number of benzene rings is 1. The van der Waals surface area contributed by atoms with Gasteiger partial charge in [0.1, 0.15) is 0 Å². The number of aromatic carboxylic acids is 1. The number of fused-ring (bicyclic) bond motifs is 1. The van der Waals surface area contributed by atoms with Crippen molar-refractivity contribution < 1.29 is 9.90 Å². The van der Waals surface area contributed by atoms with E-state index in [2.05, 4.69) is 5.32 Å². The fraction of sp³-hybridized carbons (Fsp3) is 0.0625. The maximum Gasteiger partial charge on any atom is 0.335 e. The summed E-state index contributed by atoms with van der Waals surface area (Å²) >= 11 is 0. The molecule has 3 rings (SSSR count). The van der Waals surface area contributed by atoms with Crippen LogP contribution < -0.4 is 5.32 Å². The van der Waals surface area contributed by atoms with Crippen LogP contribution in [-0.2, 0) is 6.42 Å². The van der Waals surface area contributed by atoms with E-state index in [-0.39, 0.29) is 0 Å². The highest BCUT2D eigenvalue weighted by molar-refractivity contribution is 5.88. The van der Waals surface area contributed by atoms with E-state index in [1.54, 1.807) is 12.1 Å². The molecule has 19 heavy (non-hydrogen) atoms. The Bertz CT molecular complexity index is 566. The number of hydrogen-bond acceptors (Lipinski definition) is 2. The molecule has 0 aromatic heterocycles. The molecule has 0 unspecified atom stereocenters. The van der Waals surface area contributed by atoms with Crippen LogP contribution in [0.1, 0.15) is 21.5 Å². The first kappa shape index (κ1) is 12.9. The first-order valence-electron chi connectivity index (χ1n) is 6.04. The van der Waals surface area contributed by atoms with Gasteiger partial charge >= 0.3 is 5.97 Å². The Kier molecular flexibility index (Phi) is 4.34. The minimum Gasteiger partial charge on any atom is -0.478 e. The van der Waals surface area contributed by atoms with Gasteiger partial charge in [0.15, 0.2) is 0 Å². The second-order valence-corrected chi connectivity index (χ2v) is 4.10. The summed E-state index contributed by atoms with van der Waals surface area (Å²) in [5.41, 5.74) is 2.61. The number of hydrogen-bond donors (Lipinski definition) is 2. The summed E-state index contributed by atoms with van der Waals surface area (Å²) in [7, 11) is 0. The molecular weight excluding hydrogens is 238 g/mol. The zero-order valence-corrected chi connectivity index (χ0v) is 10.4. The summed E-state index contributed by atoms with van der Waals surface area (Å²) in [4.78, 5) is 10.6. The van der Waals surface area contributed by atoms with Gasteiger partial charge in [0.2, 0.25) is 0 Å². The van der Waals surface area contributed by atoms with Crippen LogP contribution in [0.4, 0.5) is 0 Å². The largest absolute Gasteiger partial charge is 0.478 e. The molecule has 1 aliphatic carbocycles. The minimum absolute atomic E-state index is 0.361. The van der Waals surface area contributed by atoms with Gasteiger partial charge in [-0.3, -0.25) is 0 Å².